The molecule has 0 saturated carbocycles. The van der Waals surface area contributed by atoms with Crippen LogP contribution < -0.4 is 5.32 Å². The standard InChI is InChI=1S/C35H49N5O6S2/c1-23(2)19-39(48(45,46)29-14-12-28(41)13-15-29)21-31(42)30(18-26-10-8-7-9-11-26)37-33(43)32(24(3)4)40-17-16-38(35(40)44)20-27-22-47-34(36-27)25(5)6/h7-15,22-25,30-32,41-42H,16-21H2,1-6H3,(H,37,43)/t30-,31+,32?/m0/s1. The van der Waals surface area contributed by atoms with Gasteiger partial charge >= 0.3 is 6.03 Å². The number of nitrogens with one attached hydrogen (secondary N) is 1. The summed E-state index contributed by atoms with van der Waals surface area (Å²) in [5, 5.41) is 27.4. The molecule has 48 heavy (non-hydrogen) atoms. The molecule has 1 saturated heterocycles. The van der Waals surface area contributed by atoms with Crippen LogP contribution in [0.4, 0.5) is 4.79 Å². The van der Waals surface area contributed by atoms with Gasteiger partial charge in [0.1, 0.15) is 11.8 Å². The summed E-state index contributed by atoms with van der Waals surface area (Å²) in [6, 6.07) is 12.7. The number of rotatable bonds is 16. The monoisotopic (exact) mass is 699 g/mol. The van der Waals surface area contributed by atoms with Crippen molar-refractivity contribution < 1.29 is 28.2 Å². The van der Waals surface area contributed by atoms with E-state index in [9.17, 15) is 28.2 Å². The lowest BCUT2D eigenvalue weighted by Gasteiger charge is -2.34. The Morgan fingerprint density at radius 2 is 1.67 bits per heavy atom. The second kappa shape index (κ2) is 16.3. The zero-order valence-electron chi connectivity index (χ0n) is 28.6. The second-order valence-corrected chi connectivity index (χ2v) is 16.3. The number of thiazole rings is 1. The van der Waals surface area contributed by atoms with Crippen molar-refractivity contribution in [2.75, 3.05) is 26.2 Å². The lowest BCUT2D eigenvalue weighted by molar-refractivity contribution is -0.128. The van der Waals surface area contributed by atoms with E-state index in [1.807, 2.05) is 63.4 Å². The van der Waals surface area contributed by atoms with Gasteiger partial charge in [-0.1, -0.05) is 71.9 Å². The molecule has 2 heterocycles. The molecule has 3 N–H and O–H groups in total. The van der Waals surface area contributed by atoms with Crippen molar-refractivity contribution in [3.05, 3.63) is 76.2 Å². The molecule has 0 spiro atoms. The summed E-state index contributed by atoms with van der Waals surface area (Å²) in [6.45, 7) is 12.7. The largest absolute Gasteiger partial charge is 0.508 e. The fraction of sp³-hybridized carbons (Fsp3) is 0.514. The molecular formula is C35H49N5O6S2. The maximum absolute atomic E-state index is 14.1. The van der Waals surface area contributed by atoms with Gasteiger partial charge in [0.15, 0.2) is 0 Å². The van der Waals surface area contributed by atoms with Gasteiger partial charge in [-0.25, -0.2) is 18.2 Å². The smallest absolute Gasteiger partial charge is 0.321 e. The third-order valence-electron chi connectivity index (χ3n) is 8.30. The van der Waals surface area contributed by atoms with Gasteiger partial charge in [0.25, 0.3) is 0 Å². The molecule has 1 aliphatic heterocycles. The Kier molecular flexibility index (Phi) is 12.6. The number of sulfonamides is 1. The number of phenolic OH excluding ortho intramolecular Hbond substituents is 1. The molecule has 0 aliphatic carbocycles. The Bertz CT molecular complexity index is 1610. The van der Waals surface area contributed by atoms with Gasteiger partial charge in [0.05, 0.1) is 34.3 Å². The molecule has 1 fully saturated rings. The number of carbonyl (C=O) groups excluding carboxylic acids is 2. The number of urea groups is 1. The molecule has 262 valence electrons. The first-order valence-electron chi connectivity index (χ1n) is 16.5. The molecule has 3 amide bonds. The molecule has 13 heteroatoms. The fourth-order valence-electron chi connectivity index (χ4n) is 5.87. The van der Waals surface area contributed by atoms with Gasteiger partial charge in [-0.2, -0.15) is 4.31 Å². The minimum atomic E-state index is -4.04. The lowest BCUT2D eigenvalue weighted by Crippen LogP contribution is -2.57. The molecule has 3 atom stereocenters. The topological polar surface area (TPSA) is 143 Å². The third-order valence-corrected chi connectivity index (χ3v) is 11.3. The number of aliphatic hydroxyl groups is 1. The highest BCUT2D eigenvalue weighted by Crippen LogP contribution is 2.25. The number of benzene rings is 2. The normalized spacial score (nSPS) is 15.9. The summed E-state index contributed by atoms with van der Waals surface area (Å²) in [7, 11) is -4.04. The molecule has 2 aromatic carbocycles. The summed E-state index contributed by atoms with van der Waals surface area (Å²) >= 11 is 1.58. The van der Waals surface area contributed by atoms with Crippen LogP contribution in [0.25, 0.3) is 0 Å². The molecule has 4 rings (SSSR count). The summed E-state index contributed by atoms with van der Waals surface area (Å²) in [4.78, 5) is 35.7. The van der Waals surface area contributed by atoms with Crippen molar-refractivity contribution in [3.63, 3.8) is 0 Å². The van der Waals surface area contributed by atoms with Crippen molar-refractivity contribution in [3.8, 4) is 5.75 Å². The number of aliphatic hydroxyl groups excluding tert-OH is 1. The first-order valence-corrected chi connectivity index (χ1v) is 18.8. The van der Waals surface area contributed by atoms with Crippen LogP contribution in [0.1, 0.15) is 63.7 Å². The Balaban J connectivity index is 1.55. The predicted molar refractivity (Wildman–Crippen MR) is 187 cm³/mol. The van der Waals surface area contributed by atoms with E-state index in [1.54, 1.807) is 21.1 Å². The van der Waals surface area contributed by atoms with E-state index in [2.05, 4.69) is 24.1 Å². The molecule has 0 radical (unpaired) electrons. The highest BCUT2D eigenvalue weighted by atomic mass is 32.2. The van der Waals surface area contributed by atoms with E-state index in [0.29, 0.717) is 25.6 Å². The average Bonchev–Trinajstić information content (AvgIpc) is 3.64. The van der Waals surface area contributed by atoms with Crippen molar-refractivity contribution in [1.82, 2.24) is 24.4 Å². The molecule has 1 aromatic heterocycles. The molecule has 1 unspecified atom stereocenters. The fourth-order valence-corrected chi connectivity index (χ4v) is 8.31. The SMILES string of the molecule is CC(C)CN(C[C@@H](O)[C@H](Cc1ccccc1)NC(=O)C(C(C)C)N1CCN(Cc2csc(C(C)C)n2)C1=O)S(=O)(=O)c1ccc(O)cc1. The van der Waals surface area contributed by atoms with E-state index in [1.165, 1.54) is 28.6 Å². The van der Waals surface area contributed by atoms with Crippen LogP contribution in [-0.4, -0.2) is 94.0 Å². The minimum absolute atomic E-state index is 0.00755. The second-order valence-electron chi connectivity index (χ2n) is 13.5. The molecule has 1 aliphatic rings. The van der Waals surface area contributed by atoms with Crippen LogP contribution in [0, 0.1) is 11.8 Å². The number of carbonyl (C=O) groups is 2. The lowest BCUT2D eigenvalue weighted by atomic mass is 9.97. The Morgan fingerprint density at radius 3 is 2.25 bits per heavy atom. The van der Waals surface area contributed by atoms with Crippen LogP contribution >= 0.6 is 11.3 Å². The number of aromatic hydroxyl groups is 1. The van der Waals surface area contributed by atoms with Crippen LogP contribution in [0.15, 0.2) is 64.9 Å². The van der Waals surface area contributed by atoms with Crippen molar-refractivity contribution in [2.24, 2.45) is 11.8 Å². The highest BCUT2D eigenvalue weighted by Gasteiger charge is 2.40. The first-order chi connectivity index (χ1) is 22.7. The number of hydrogen-bond acceptors (Lipinski definition) is 8. The van der Waals surface area contributed by atoms with Gasteiger partial charge in [-0.05, 0) is 48.1 Å². The Morgan fingerprint density at radius 1 is 1.00 bits per heavy atom. The quantitative estimate of drug-likeness (QED) is 0.197. The number of aromatic nitrogens is 1. The van der Waals surface area contributed by atoms with Crippen molar-refractivity contribution >= 4 is 33.3 Å². The zero-order valence-corrected chi connectivity index (χ0v) is 30.2. The van der Waals surface area contributed by atoms with E-state index in [4.69, 9.17) is 0 Å². The number of phenols is 1. The predicted octanol–water partition coefficient (Wildman–Crippen LogP) is 4.67. The minimum Gasteiger partial charge on any atom is -0.508 e. The van der Waals surface area contributed by atoms with Gasteiger partial charge in [-0.15, -0.1) is 11.3 Å². The zero-order chi connectivity index (χ0) is 35.2. The van der Waals surface area contributed by atoms with E-state index in [-0.39, 0.29) is 48.0 Å². The Labute approximate surface area is 288 Å². The van der Waals surface area contributed by atoms with E-state index < -0.39 is 34.1 Å². The van der Waals surface area contributed by atoms with Gasteiger partial charge in [-0.3, -0.25) is 4.79 Å². The summed E-state index contributed by atoms with van der Waals surface area (Å²) in [5.74, 6) is -0.455. The molecule has 11 nitrogen and oxygen atoms in total. The number of hydrogen-bond donors (Lipinski definition) is 3. The summed E-state index contributed by atoms with van der Waals surface area (Å²) in [5.41, 5.74) is 1.68. The van der Waals surface area contributed by atoms with Gasteiger partial charge in [0.2, 0.25) is 15.9 Å². The van der Waals surface area contributed by atoms with Crippen molar-refractivity contribution in [1.29, 1.82) is 0 Å². The highest BCUT2D eigenvalue weighted by molar-refractivity contribution is 7.89. The van der Waals surface area contributed by atoms with Crippen LogP contribution in [0.2, 0.25) is 0 Å². The maximum Gasteiger partial charge on any atom is 0.321 e. The van der Waals surface area contributed by atoms with E-state index in [0.717, 1.165) is 16.3 Å². The van der Waals surface area contributed by atoms with Crippen molar-refractivity contribution in [2.45, 2.75) is 83.5 Å². The molecule has 0 bridgehead atoms. The Hall–Kier alpha value is -3.52. The molecule has 3 aromatic rings. The van der Waals surface area contributed by atoms with Gasteiger partial charge < -0.3 is 25.3 Å². The summed E-state index contributed by atoms with van der Waals surface area (Å²) < 4.78 is 28.7. The van der Waals surface area contributed by atoms with Crippen LogP contribution in [0.5, 0.6) is 5.75 Å². The number of amides is 3. The van der Waals surface area contributed by atoms with E-state index >= 15 is 0 Å². The first kappa shape index (κ1) is 37.3. The van der Waals surface area contributed by atoms with Gasteiger partial charge in [0, 0.05) is 37.5 Å². The maximum atomic E-state index is 14.1. The average molecular weight is 700 g/mol. The third kappa shape index (κ3) is 9.34. The van der Waals surface area contributed by atoms with Crippen LogP contribution in [0.3, 0.4) is 0 Å². The van der Waals surface area contributed by atoms with Crippen LogP contribution in [-0.2, 0) is 27.8 Å². The molecular weight excluding hydrogens is 651 g/mol. The summed E-state index contributed by atoms with van der Waals surface area (Å²) in [6.07, 6.45) is -1.03. The number of nitrogens with zero attached hydrogens (tertiary/aromatic N) is 4.